The second kappa shape index (κ2) is 16.8. The molecule has 0 spiro atoms. The highest BCUT2D eigenvalue weighted by Gasteiger charge is 2.42. The second-order valence-electron chi connectivity index (χ2n) is 13.4. The van der Waals surface area contributed by atoms with Gasteiger partial charge in [-0.25, -0.2) is 7.26 Å². The summed E-state index contributed by atoms with van der Waals surface area (Å²) in [5.74, 6) is 0. The lowest BCUT2D eigenvalue weighted by molar-refractivity contribution is 0.504. The Kier molecular flexibility index (Phi) is 11.3. The quantitative estimate of drug-likeness (QED) is 0.120. The van der Waals surface area contributed by atoms with Crippen molar-refractivity contribution in [2.45, 2.75) is 58.7 Å². The van der Waals surface area contributed by atoms with Crippen LogP contribution in [0.25, 0.3) is 0 Å². The average molecular weight is 901 g/mol. The number of rotatable bonds is 12. The van der Waals surface area contributed by atoms with Gasteiger partial charge in [0.2, 0.25) is 0 Å². The minimum Gasteiger partial charge on any atom is -0.203 e. The van der Waals surface area contributed by atoms with Crippen LogP contribution < -0.4 is 0 Å². The number of fused-ring (bicyclic) bond motifs is 2. The summed E-state index contributed by atoms with van der Waals surface area (Å²) in [6.45, 7) is 0. The van der Waals surface area contributed by atoms with Crippen molar-refractivity contribution in [3.63, 3.8) is 0 Å². The monoisotopic (exact) mass is 900 g/mol. The van der Waals surface area contributed by atoms with E-state index in [1.807, 2.05) is 194 Å². The standard InChI is InChI=1S/C48H36O6S6/c49-59(50,53-57(37-21-7-1-8-22-37,38-23-9-2-10-24-38)39-25-11-3-12-26-39)45-35-19-33-43-47(45)56-48-44(55-43)34-20-36-46(48)60(51,52)54-58(40-27-13-4-14-28-40,41-29-15-5-16-30-41)42-31-17-6-18-32-42/h1-36H. The molecule has 1 aliphatic rings. The van der Waals surface area contributed by atoms with Gasteiger partial charge in [-0.05, 0) is 118 Å². The van der Waals surface area contributed by atoms with Crippen LogP contribution in [0.2, 0.25) is 0 Å². The molecule has 12 heteroatoms. The highest BCUT2D eigenvalue weighted by molar-refractivity contribution is 8.33. The highest BCUT2D eigenvalue weighted by atomic mass is 32.3. The van der Waals surface area contributed by atoms with Crippen molar-refractivity contribution in [1.29, 1.82) is 0 Å². The van der Waals surface area contributed by atoms with E-state index in [-0.39, 0.29) is 9.79 Å². The Morgan fingerprint density at radius 1 is 0.283 bits per heavy atom. The Morgan fingerprint density at radius 2 is 0.533 bits per heavy atom. The molecule has 0 radical (unpaired) electrons. The Bertz CT molecular complexity index is 2600. The van der Waals surface area contributed by atoms with Gasteiger partial charge in [-0.1, -0.05) is 145 Å². The fourth-order valence-electron chi connectivity index (χ4n) is 7.03. The van der Waals surface area contributed by atoms with E-state index in [9.17, 15) is 0 Å². The second-order valence-corrected chi connectivity index (χ2v) is 24.3. The van der Waals surface area contributed by atoms with Gasteiger partial charge in [0.25, 0.3) is 0 Å². The largest absolute Gasteiger partial charge is 0.308 e. The molecule has 1 heterocycles. The van der Waals surface area contributed by atoms with Crippen molar-refractivity contribution in [2.75, 3.05) is 0 Å². The summed E-state index contributed by atoms with van der Waals surface area (Å²) in [6, 6.07) is 66.7. The maximum atomic E-state index is 15.1. The lowest BCUT2D eigenvalue weighted by atomic mass is 10.3. The number of hydrogen-bond acceptors (Lipinski definition) is 8. The lowest BCUT2D eigenvalue weighted by Crippen LogP contribution is -2.16. The molecule has 0 saturated heterocycles. The predicted molar refractivity (Wildman–Crippen MR) is 241 cm³/mol. The van der Waals surface area contributed by atoms with Crippen molar-refractivity contribution >= 4 is 64.4 Å². The van der Waals surface area contributed by atoms with E-state index in [2.05, 4.69) is 0 Å². The fraction of sp³-hybridized carbons (Fsp3) is 0. The molecule has 60 heavy (non-hydrogen) atoms. The van der Waals surface area contributed by atoms with Crippen molar-refractivity contribution < 1.29 is 24.1 Å². The molecule has 9 rings (SSSR count). The van der Waals surface area contributed by atoms with E-state index in [0.29, 0.717) is 49.0 Å². The summed E-state index contributed by atoms with van der Waals surface area (Å²) in [5.41, 5.74) is 0. The molecule has 0 aromatic heterocycles. The SMILES string of the molecule is O=S(=O)(OS(c1ccccc1)(c1ccccc1)c1ccccc1)c1cccc2c1Sc1c(cccc1S(=O)(=O)OS(c1ccccc1)(c1ccccc1)c1ccccc1)S2. The summed E-state index contributed by atoms with van der Waals surface area (Å²) in [7, 11) is -14.9. The first-order valence-corrected chi connectivity index (χ1v) is 26.3. The van der Waals surface area contributed by atoms with Crippen LogP contribution in [-0.2, 0) is 27.5 Å². The molecule has 6 nitrogen and oxygen atoms in total. The first-order valence-electron chi connectivity index (χ1n) is 18.7. The molecule has 0 atom stereocenters. The van der Waals surface area contributed by atoms with Crippen molar-refractivity contribution in [3.05, 3.63) is 218 Å². The number of hydrogen-bond donors (Lipinski definition) is 0. The third kappa shape index (κ3) is 7.41. The Balaban J connectivity index is 1.17. The van der Waals surface area contributed by atoms with E-state index in [4.69, 9.17) is 7.26 Å². The molecule has 8 aromatic rings. The summed E-state index contributed by atoms with van der Waals surface area (Å²) in [5, 5.41) is 0. The highest BCUT2D eigenvalue weighted by Crippen LogP contribution is 2.72. The Morgan fingerprint density at radius 3 is 0.783 bits per heavy atom. The molecule has 0 saturated carbocycles. The minimum atomic E-state index is -4.57. The van der Waals surface area contributed by atoms with Crippen LogP contribution in [0.4, 0.5) is 0 Å². The van der Waals surface area contributed by atoms with Crippen LogP contribution in [0.1, 0.15) is 0 Å². The molecule has 0 aliphatic carbocycles. The Hall–Kier alpha value is -5.02. The zero-order chi connectivity index (χ0) is 41.2. The fourth-order valence-corrected chi connectivity index (χ4v) is 21.0. The summed E-state index contributed by atoms with van der Waals surface area (Å²) >= 11 is 2.41. The zero-order valence-corrected chi connectivity index (χ0v) is 36.6. The molecule has 1 aliphatic heterocycles. The van der Waals surface area contributed by atoms with Gasteiger partial charge in [0.05, 0.1) is 0 Å². The van der Waals surface area contributed by atoms with E-state index in [1.54, 1.807) is 12.1 Å². The topological polar surface area (TPSA) is 86.7 Å². The molecule has 0 unspecified atom stereocenters. The van der Waals surface area contributed by atoms with Gasteiger partial charge < -0.3 is 0 Å². The maximum Gasteiger partial charge on any atom is 0.308 e. The van der Waals surface area contributed by atoms with Crippen LogP contribution in [0, 0.1) is 0 Å². The molecule has 0 bridgehead atoms. The van der Waals surface area contributed by atoms with Crippen LogP contribution >= 0.6 is 44.1 Å². The van der Waals surface area contributed by atoms with Crippen molar-refractivity contribution in [3.8, 4) is 0 Å². The van der Waals surface area contributed by atoms with E-state index in [0.717, 1.165) is 11.8 Å². The molecular weight excluding hydrogens is 865 g/mol. The van der Waals surface area contributed by atoms with Gasteiger partial charge >= 0.3 is 20.2 Å². The molecule has 0 amide bonds. The van der Waals surface area contributed by atoms with Gasteiger partial charge in [-0.3, -0.25) is 0 Å². The normalized spacial score (nSPS) is 13.5. The van der Waals surface area contributed by atoms with E-state index < -0.39 is 40.9 Å². The van der Waals surface area contributed by atoms with Gasteiger partial charge in [0, 0.05) is 49.0 Å². The molecule has 0 N–H and O–H groups in total. The maximum absolute atomic E-state index is 15.1. The molecule has 0 fully saturated rings. The molecular formula is C48H36O6S6. The van der Waals surface area contributed by atoms with Crippen LogP contribution in [0.5, 0.6) is 0 Å². The predicted octanol–water partition coefficient (Wildman–Crippen LogP) is 13.5. The third-order valence-electron chi connectivity index (χ3n) is 9.68. The van der Waals surface area contributed by atoms with Gasteiger partial charge in [-0.2, -0.15) is 16.8 Å². The summed E-state index contributed by atoms with van der Waals surface area (Å²) in [6.07, 6.45) is 0. The Labute approximate surface area is 363 Å². The van der Waals surface area contributed by atoms with Gasteiger partial charge in [0.1, 0.15) is 9.79 Å². The van der Waals surface area contributed by atoms with Crippen LogP contribution in [0.3, 0.4) is 0 Å². The van der Waals surface area contributed by atoms with Gasteiger partial charge in [0.15, 0.2) is 0 Å². The smallest absolute Gasteiger partial charge is 0.203 e. The third-order valence-corrected chi connectivity index (χ3v) is 23.0. The first-order chi connectivity index (χ1) is 29.2. The van der Waals surface area contributed by atoms with Crippen LogP contribution in [0.15, 0.2) is 277 Å². The molecule has 8 aromatic carbocycles. The van der Waals surface area contributed by atoms with E-state index in [1.165, 1.54) is 23.9 Å². The summed E-state index contributed by atoms with van der Waals surface area (Å²) in [4.78, 5) is 6.15. The number of benzene rings is 8. The zero-order valence-electron chi connectivity index (χ0n) is 31.7. The van der Waals surface area contributed by atoms with Crippen LogP contribution in [-0.4, -0.2) is 16.8 Å². The minimum absolute atomic E-state index is 0.0613. The average Bonchev–Trinajstić information content (AvgIpc) is 3.30. The van der Waals surface area contributed by atoms with Crippen molar-refractivity contribution in [2.24, 2.45) is 0 Å². The van der Waals surface area contributed by atoms with Crippen molar-refractivity contribution in [1.82, 2.24) is 0 Å². The first kappa shape index (κ1) is 40.4. The van der Waals surface area contributed by atoms with E-state index >= 15 is 16.8 Å². The summed E-state index contributed by atoms with van der Waals surface area (Å²) < 4.78 is 74.0. The molecule has 300 valence electrons. The van der Waals surface area contributed by atoms with Gasteiger partial charge in [-0.15, -0.1) is 0 Å². The lowest BCUT2D eigenvalue weighted by Gasteiger charge is -2.39.